The van der Waals surface area contributed by atoms with Gasteiger partial charge in [0.15, 0.2) is 0 Å². The third-order valence-electron chi connectivity index (χ3n) is 2.85. The molecule has 0 spiro atoms. The summed E-state index contributed by atoms with van der Waals surface area (Å²) < 4.78 is 4.96. The van der Waals surface area contributed by atoms with Crippen molar-refractivity contribution in [1.29, 1.82) is 0 Å². The van der Waals surface area contributed by atoms with E-state index in [0.29, 0.717) is 13.2 Å². The Hall–Kier alpha value is -0.810. The van der Waals surface area contributed by atoms with Gasteiger partial charge in [-0.3, -0.25) is 0 Å². The van der Waals surface area contributed by atoms with Crippen LogP contribution in [0.15, 0.2) is 0 Å². The van der Waals surface area contributed by atoms with Gasteiger partial charge in [-0.15, -0.1) is 0 Å². The predicted molar refractivity (Wildman–Crippen MR) is 61.3 cm³/mol. The number of piperidine rings is 1. The Balaban J connectivity index is 2.35. The van der Waals surface area contributed by atoms with E-state index < -0.39 is 0 Å². The van der Waals surface area contributed by atoms with Gasteiger partial charge in [0.1, 0.15) is 0 Å². The van der Waals surface area contributed by atoms with Crippen LogP contribution in [0.3, 0.4) is 0 Å². The zero-order chi connectivity index (χ0) is 12.0. The molecule has 2 N–H and O–H groups in total. The molecule has 1 aliphatic heterocycles. The summed E-state index contributed by atoms with van der Waals surface area (Å²) >= 11 is 0. The summed E-state index contributed by atoms with van der Waals surface area (Å²) in [6, 6.07) is -0.0327. The quantitative estimate of drug-likeness (QED) is 0.736. The van der Waals surface area contributed by atoms with E-state index in [4.69, 9.17) is 9.84 Å². The summed E-state index contributed by atoms with van der Waals surface area (Å²) in [4.78, 5) is 13.6. The molecule has 5 nitrogen and oxygen atoms in total. The van der Waals surface area contributed by atoms with E-state index in [1.807, 2.05) is 6.92 Å². The van der Waals surface area contributed by atoms with Crippen LogP contribution in [0.2, 0.25) is 0 Å². The molecule has 1 rings (SSSR count). The van der Waals surface area contributed by atoms with Gasteiger partial charge in [0.05, 0.1) is 12.6 Å². The summed E-state index contributed by atoms with van der Waals surface area (Å²) in [7, 11) is 1.62. The van der Waals surface area contributed by atoms with Crippen molar-refractivity contribution in [2.75, 3.05) is 33.4 Å². The molecule has 1 fully saturated rings. The normalized spacial score (nSPS) is 22.9. The van der Waals surface area contributed by atoms with Gasteiger partial charge in [-0.05, 0) is 25.7 Å². The van der Waals surface area contributed by atoms with Crippen molar-refractivity contribution in [1.82, 2.24) is 10.2 Å². The SMILES string of the molecule is COCC(C)NC(=O)N1CCCC(CO)C1. The molecule has 1 heterocycles. The number of methoxy groups -OCH3 is 1. The molecule has 94 valence electrons. The summed E-state index contributed by atoms with van der Waals surface area (Å²) in [5, 5.41) is 12.0. The molecule has 0 aromatic carbocycles. The number of nitrogens with one attached hydrogen (secondary N) is 1. The first-order chi connectivity index (χ1) is 7.67. The van der Waals surface area contributed by atoms with Crippen LogP contribution in [0.4, 0.5) is 4.79 Å². The lowest BCUT2D eigenvalue weighted by Crippen LogP contribution is -2.49. The van der Waals surface area contributed by atoms with Crippen LogP contribution < -0.4 is 5.32 Å². The number of likely N-dealkylation sites (tertiary alicyclic amines) is 1. The summed E-state index contributed by atoms with van der Waals surface area (Å²) in [5.74, 6) is 0.234. The third-order valence-corrected chi connectivity index (χ3v) is 2.85. The number of urea groups is 1. The molecule has 16 heavy (non-hydrogen) atoms. The Morgan fingerprint density at radius 2 is 2.44 bits per heavy atom. The highest BCUT2D eigenvalue weighted by atomic mass is 16.5. The highest BCUT2D eigenvalue weighted by molar-refractivity contribution is 5.74. The maximum absolute atomic E-state index is 11.8. The number of nitrogens with zero attached hydrogens (tertiary/aromatic N) is 1. The van der Waals surface area contributed by atoms with Crippen LogP contribution in [0, 0.1) is 5.92 Å². The van der Waals surface area contributed by atoms with Gasteiger partial charge in [-0.2, -0.15) is 0 Å². The van der Waals surface area contributed by atoms with Crippen molar-refractivity contribution in [3.63, 3.8) is 0 Å². The number of hydrogen-bond acceptors (Lipinski definition) is 3. The fourth-order valence-electron chi connectivity index (χ4n) is 1.99. The van der Waals surface area contributed by atoms with Crippen molar-refractivity contribution < 1.29 is 14.6 Å². The first-order valence-corrected chi connectivity index (χ1v) is 5.82. The second-order valence-corrected chi connectivity index (χ2v) is 4.44. The van der Waals surface area contributed by atoms with Crippen LogP contribution in [-0.4, -0.2) is 55.5 Å². The molecule has 1 aliphatic rings. The number of ether oxygens (including phenoxy) is 1. The summed E-state index contributed by atoms with van der Waals surface area (Å²) in [6.07, 6.45) is 1.98. The highest BCUT2D eigenvalue weighted by Gasteiger charge is 2.23. The third kappa shape index (κ3) is 3.98. The minimum atomic E-state index is -0.0531. The molecule has 2 unspecified atom stereocenters. The second kappa shape index (κ2) is 6.70. The van der Waals surface area contributed by atoms with Crippen molar-refractivity contribution >= 4 is 6.03 Å². The largest absolute Gasteiger partial charge is 0.396 e. The number of amides is 2. The monoisotopic (exact) mass is 230 g/mol. The molecular formula is C11H22N2O3. The van der Waals surface area contributed by atoms with Crippen molar-refractivity contribution in [3.8, 4) is 0 Å². The van der Waals surface area contributed by atoms with Crippen LogP contribution in [0.1, 0.15) is 19.8 Å². The lowest BCUT2D eigenvalue weighted by atomic mass is 9.99. The molecule has 2 amide bonds. The molecule has 0 saturated carbocycles. The Morgan fingerprint density at radius 1 is 1.69 bits per heavy atom. The van der Waals surface area contributed by atoms with Gasteiger partial charge >= 0.3 is 6.03 Å². The second-order valence-electron chi connectivity index (χ2n) is 4.44. The Kier molecular flexibility index (Phi) is 5.55. The van der Waals surface area contributed by atoms with Crippen molar-refractivity contribution in [3.05, 3.63) is 0 Å². The fourth-order valence-corrected chi connectivity index (χ4v) is 1.99. The molecule has 0 radical (unpaired) electrons. The summed E-state index contributed by atoms with van der Waals surface area (Å²) in [5.41, 5.74) is 0. The van der Waals surface area contributed by atoms with Crippen molar-refractivity contribution in [2.24, 2.45) is 5.92 Å². The average Bonchev–Trinajstić information content (AvgIpc) is 2.29. The first-order valence-electron chi connectivity index (χ1n) is 5.82. The van der Waals surface area contributed by atoms with Crippen LogP contribution in [-0.2, 0) is 4.74 Å². The smallest absolute Gasteiger partial charge is 0.317 e. The minimum absolute atomic E-state index is 0.0204. The molecule has 2 atom stereocenters. The molecule has 0 aromatic heterocycles. The number of aliphatic hydroxyl groups excluding tert-OH is 1. The van der Waals surface area contributed by atoms with E-state index in [-0.39, 0.29) is 24.6 Å². The lowest BCUT2D eigenvalue weighted by molar-refractivity contribution is 0.122. The molecule has 5 heteroatoms. The van der Waals surface area contributed by atoms with E-state index in [1.54, 1.807) is 12.0 Å². The average molecular weight is 230 g/mol. The Labute approximate surface area is 96.8 Å². The van der Waals surface area contributed by atoms with Crippen LogP contribution in [0.5, 0.6) is 0 Å². The zero-order valence-corrected chi connectivity index (χ0v) is 10.1. The van der Waals surface area contributed by atoms with E-state index in [2.05, 4.69) is 5.32 Å². The maximum Gasteiger partial charge on any atom is 0.317 e. The minimum Gasteiger partial charge on any atom is -0.396 e. The molecular weight excluding hydrogens is 208 g/mol. The van der Waals surface area contributed by atoms with Gasteiger partial charge in [-0.1, -0.05) is 0 Å². The molecule has 0 aromatic rings. The van der Waals surface area contributed by atoms with E-state index >= 15 is 0 Å². The summed E-state index contributed by atoms with van der Waals surface area (Å²) in [6.45, 7) is 4.03. The van der Waals surface area contributed by atoms with Gasteiger partial charge in [0.2, 0.25) is 0 Å². The highest BCUT2D eigenvalue weighted by Crippen LogP contribution is 2.15. The lowest BCUT2D eigenvalue weighted by Gasteiger charge is -2.32. The maximum atomic E-state index is 11.8. The van der Waals surface area contributed by atoms with Gasteiger partial charge in [0.25, 0.3) is 0 Å². The van der Waals surface area contributed by atoms with E-state index in [9.17, 15) is 4.79 Å². The standard InChI is InChI=1S/C11H22N2O3/c1-9(8-16-2)12-11(15)13-5-3-4-10(6-13)7-14/h9-10,14H,3-8H2,1-2H3,(H,12,15). The fraction of sp³-hybridized carbons (Fsp3) is 0.909. The van der Waals surface area contributed by atoms with Gasteiger partial charge < -0.3 is 20.1 Å². The van der Waals surface area contributed by atoms with Gasteiger partial charge in [-0.25, -0.2) is 4.79 Å². The van der Waals surface area contributed by atoms with Gasteiger partial charge in [0, 0.05) is 26.8 Å². The van der Waals surface area contributed by atoms with Crippen LogP contribution >= 0.6 is 0 Å². The molecule has 1 saturated heterocycles. The molecule has 0 bridgehead atoms. The Morgan fingerprint density at radius 3 is 3.06 bits per heavy atom. The number of carbonyl (C=O) groups excluding carboxylic acids is 1. The van der Waals surface area contributed by atoms with Crippen LogP contribution in [0.25, 0.3) is 0 Å². The van der Waals surface area contributed by atoms with E-state index in [1.165, 1.54) is 0 Å². The number of hydrogen-bond donors (Lipinski definition) is 2. The van der Waals surface area contributed by atoms with Crippen molar-refractivity contribution in [2.45, 2.75) is 25.8 Å². The predicted octanol–water partition coefficient (Wildman–Crippen LogP) is 0.435. The first kappa shape index (κ1) is 13.3. The Bertz CT molecular complexity index is 223. The topological polar surface area (TPSA) is 61.8 Å². The molecule has 0 aliphatic carbocycles. The number of aliphatic hydroxyl groups is 1. The zero-order valence-electron chi connectivity index (χ0n) is 10.1. The van der Waals surface area contributed by atoms with E-state index in [0.717, 1.165) is 19.4 Å². The number of carbonyl (C=O) groups is 1. The number of rotatable bonds is 4.